The van der Waals surface area contributed by atoms with Gasteiger partial charge in [0.1, 0.15) is 6.61 Å². The van der Waals surface area contributed by atoms with Crippen LogP contribution in [0.15, 0.2) is 65.8 Å². The highest BCUT2D eigenvalue weighted by Gasteiger charge is 2.24. The van der Waals surface area contributed by atoms with Gasteiger partial charge in [0.25, 0.3) is 0 Å². The van der Waals surface area contributed by atoms with Crippen molar-refractivity contribution in [3.8, 4) is 0 Å². The Morgan fingerprint density at radius 3 is 2.52 bits per heavy atom. The molecule has 0 amide bonds. The van der Waals surface area contributed by atoms with Gasteiger partial charge in [-0.25, -0.2) is 0 Å². The van der Waals surface area contributed by atoms with Gasteiger partial charge in [-0.05, 0) is 30.5 Å². The Morgan fingerprint density at radius 1 is 1.11 bits per heavy atom. The maximum Gasteiger partial charge on any atom is 0.307 e. The molecule has 1 heterocycles. The van der Waals surface area contributed by atoms with Crippen molar-refractivity contribution in [2.24, 2.45) is 11.1 Å². The third-order valence-corrected chi connectivity index (χ3v) is 4.85. The molecular formula is C22H26N2O3. The van der Waals surface area contributed by atoms with Gasteiger partial charge in [-0.2, -0.15) is 0 Å². The summed E-state index contributed by atoms with van der Waals surface area (Å²) in [7, 11) is 0. The van der Waals surface area contributed by atoms with E-state index in [4.69, 9.17) is 4.84 Å². The molecule has 0 saturated carbocycles. The predicted octanol–water partition coefficient (Wildman–Crippen LogP) is 3.45. The summed E-state index contributed by atoms with van der Waals surface area (Å²) in [5.41, 5.74) is 3.12. The molecule has 142 valence electrons. The van der Waals surface area contributed by atoms with E-state index in [1.807, 2.05) is 48.5 Å². The summed E-state index contributed by atoms with van der Waals surface area (Å²) in [5, 5.41) is 13.6. The zero-order chi connectivity index (χ0) is 18.9. The average molecular weight is 366 g/mol. The fraction of sp³-hybridized carbons (Fsp3) is 0.364. The lowest BCUT2D eigenvalue weighted by Gasteiger charge is -2.29. The van der Waals surface area contributed by atoms with Crippen LogP contribution in [0.4, 0.5) is 0 Å². The molecule has 1 fully saturated rings. The lowest BCUT2D eigenvalue weighted by atomic mass is 9.98. The van der Waals surface area contributed by atoms with Crippen molar-refractivity contribution in [3.05, 3.63) is 71.8 Å². The molecule has 1 aliphatic rings. The number of carboxylic acid groups (broad SMARTS) is 1. The molecule has 0 unspecified atom stereocenters. The third-order valence-electron chi connectivity index (χ3n) is 4.85. The molecular weight excluding hydrogens is 340 g/mol. The van der Waals surface area contributed by atoms with Gasteiger partial charge in [-0.1, -0.05) is 65.8 Å². The highest BCUT2D eigenvalue weighted by molar-refractivity contribution is 6.01. The van der Waals surface area contributed by atoms with E-state index in [0.29, 0.717) is 26.1 Å². The largest absolute Gasteiger partial charge is 0.481 e. The highest BCUT2D eigenvalue weighted by Crippen LogP contribution is 2.16. The molecule has 5 nitrogen and oxygen atoms in total. The number of carboxylic acids is 1. The van der Waals surface area contributed by atoms with Gasteiger partial charge in [0.05, 0.1) is 11.6 Å². The molecule has 0 aliphatic carbocycles. The van der Waals surface area contributed by atoms with Crippen molar-refractivity contribution < 1.29 is 14.7 Å². The molecule has 1 aliphatic heterocycles. The maximum absolute atomic E-state index is 11.2. The Hall–Kier alpha value is -2.66. The van der Waals surface area contributed by atoms with Crippen LogP contribution in [0, 0.1) is 5.92 Å². The van der Waals surface area contributed by atoms with Crippen molar-refractivity contribution in [3.63, 3.8) is 0 Å². The summed E-state index contributed by atoms with van der Waals surface area (Å²) in [5.74, 6) is -0.965. The van der Waals surface area contributed by atoms with E-state index in [0.717, 1.165) is 30.7 Å². The minimum absolute atomic E-state index is 0.264. The fourth-order valence-corrected chi connectivity index (χ4v) is 3.36. The van der Waals surface area contributed by atoms with Crippen molar-refractivity contribution in [2.75, 3.05) is 26.2 Å². The zero-order valence-corrected chi connectivity index (χ0v) is 15.5. The molecule has 0 radical (unpaired) electrons. The summed E-state index contributed by atoms with van der Waals surface area (Å²) < 4.78 is 0. The summed E-state index contributed by atoms with van der Waals surface area (Å²) in [6.07, 6.45) is 2.39. The second kappa shape index (κ2) is 9.88. The second-order valence-corrected chi connectivity index (χ2v) is 6.88. The predicted molar refractivity (Wildman–Crippen MR) is 106 cm³/mol. The Morgan fingerprint density at radius 2 is 1.81 bits per heavy atom. The number of benzene rings is 2. The number of likely N-dealkylation sites (tertiary alicyclic amines) is 1. The SMILES string of the molecule is O=C(O)[C@@H]1CCCN(CCON=C(Cc2ccccc2)c2ccccc2)C1. The van der Waals surface area contributed by atoms with Crippen LogP contribution in [0.2, 0.25) is 0 Å². The molecule has 1 N–H and O–H groups in total. The number of carbonyl (C=O) groups is 1. The summed E-state index contributed by atoms with van der Waals surface area (Å²) in [6.45, 7) is 2.67. The Kier molecular flexibility index (Phi) is 6.99. The van der Waals surface area contributed by atoms with Gasteiger partial charge in [0.2, 0.25) is 0 Å². The van der Waals surface area contributed by atoms with Crippen LogP contribution >= 0.6 is 0 Å². The Labute approximate surface area is 160 Å². The minimum atomic E-state index is -0.701. The van der Waals surface area contributed by atoms with Crippen LogP contribution in [0.5, 0.6) is 0 Å². The first-order valence-electron chi connectivity index (χ1n) is 9.45. The maximum atomic E-state index is 11.2. The number of hydrogen-bond acceptors (Lipinski definition) is 4. The van der Waals surface area contributed by atoms with Gasteiger partial charge < -0.3 is 9.94 Å². The molecule has 2 aromatic rings. The summed E-state index contributed by atoms with van der Waals surface area (Å²) in [6, 6.07) is 20.3. The highest BCUT2D eigenvalue weighted by atomic mass is 16.6. The molecule has 5 heteroatoms. The minimum Gasteiger partial charge on any atom is -0.481 e. The number of nitrogens with zero attached hydrogens (tertiary/aromatic N) is 2. The molecule has 0 aromatic heterocycles. The molecule has 27 heavy (non-hydrogen) atoms. The summed E-state index contributed by atoms with van der Waals surface area (Å²) in [4.78, 5) is 18.9. The molecule has 0 spiro atoms. The van der Waals surface area contributed by atoms with E-state index >= 15 is 0 Å². The number of piperidine rings is 1. The molecule has 1 atom stereocenters. The van der Waals surface area contributed by atoms with Crippen LogP contribution in [0.3, 0.4) is 0 Å². The number of oxime groups is 1. The lowest BCUT2D eigenvalue weighted by molar-refractivity contribution is -0.143. The second-order valence-electron chi connectivity index (χ2n) is 6.88. The van der Waals surface area contributed by atoms with E-state index < -0.39 is 5.97 Å². The molecule has 2 aromatic carbocycles. The Balaban J connectivity index is 1.58. The van der Waals surface area contributed by atoms with Crippen LogP contribution in [-0.2, 0) is 16.1 Å². The van der Waals surface area contributed by atoms with Crippen LogP contribution < -0.4 is 0 Å². The smallest absolute Gasteiger partial charge is 0.307 e. The van der Waals surface area contributed by atoms with E-state index in [1.165, 1.54) is 5.56 Å². The molecule has 1 saturated heterocycles. The average Bonchev–Trinajstić information content (AvgIpc) is 2.72. The first-order chi connectivity index (χ1) is 13.2. The zero-order valence-electron chi connectivity index (χ0n) is 15.5. The quantitative estimate of drug-likeness (QED) is 0.442. The van der Waals surface area contributed by atoms with Crippen molar-refractivity contribution in [1.29, 1.82) is 0 Å². The first kappa shape index (κ1) is 19.1. The van der Waals surface area contributed by atoms with Crippen molar-refractivity contribution in [1.82, 2.24) is 4.90 Å². The Bertz CT molecular complexity index is 747. The normalized spacial score (nSPS) is 18.2. The number of hydrogen-bond donors (Lipinski definition) is 1. The van der Waals surface area contributed by atoms with Gasteiger partial charge >= 0.3 is 5.97 Å². The lowest BCUT2D eigenvalue weighted by Crippen LogP contribution is -2.40. The fourth-order valence-electron chi connectivity index (χ4n) is 3.36. The van der Waals surface area contributed by atoms with Crippen LogP contribution in [0.1, 0.15) is 24.0 Å². The number of aliphatic carboxylic acids is 1. The van der Waals surface area contributed by atoms with Gasteiger partial charge in [0, 0.05) is 19.5 Å². The van der Waals surface area contributed by atoms with Gasteiger partial charge in [-0.15, -0.1) is 0 Å². The first-order valence-corrected chi connectivity index (χ1v) is 9.45. The summed E-state index contributed by atoms with van der Waals surface area (Å²) >= 11 is 0. The molecule has 0 bridgehead atoms. The van der Waals surface area contributed by atoms with Gasteiger partial charge in [-0.3, -0.25) is 9.69 Å². The van der Waals surface area contributed by atoms with E-state index in [-0.39, 0.29) is 5.92 Å². The van der Waals surface area contributed by atoms with Crippen molar-refractivity contribution in [2.45, 2.75) is 19.3 Å². The standard InChI is InChI=1S/C22H26N2O3/c25-22(26)20-12-7-13-24(17-20)14-15-27-23-21(19-10-5-2-6-11-19)16-18-8-3-1-4-9-18/h1-6,8-11,20H,7,12-17H2,(H,25,26)/t20-/m1/s1. The van der Waals surface area contributed by atoms with E-state index in [2.05, 4.69) is 22.2 Å². The third kappa shape index (κ3) is 5.93. The molecule has 3 rings (SSSR count). The topological polar surface area (TPSA) is 62.1 Å². The van der Waals surface area contributed by atoms with E-state index in [9.17, 15) is 9.90 Å². The van der Waals surface area contributed by atoms with Crippen molar-refractivity contribution >= 4 is 11.7 Å². The van der Waals surface area contributed by atoms with Gasteiger partial charge in [0.15, 0.2) is 0 Å². The van der Waals surface area contributed by atoms with Crippen LogP contribution in [-0.4, -0.2) is 47.9 Å². The number of rotatable bonds is 8. The van der Waals surface area contributed by atoms with Crippen LogP contribution in [0.25, 0.3) is 0 Å². The monoisotopic (exact) mass is 366 g/mol. The van der Waals surface area contributed by atoms with E-state index in [1.54, 1.807) is 0 Å².